The van der Waals surface area contributed by atoms with Crippen LogP contribution in [0, 0.1) is 5.92 Å². The fourth-order valence-electron chi connectivity index (χ4n) is 1.90. The van der Waals surface area contributed by atoms with Gasteiger partial charge < -0.3 is 4.90 Å². The van der Waals surface area contributed by atoms with E-state index in [0.717, 1.165) is 26.2 Å². The summed E-state index contributed by atoms with van der Waals surface area (Å²) in [5.74, 6) is 1.68. The first-order valence-electron chi connectivity index (χ1n) is 4.93. The highest BCUT2D eigenvalue weighted by Gasteiger charge is 2.27. The highest BCUT2D eigenvalue weighted by atomic mass is 35.5. The summed E-state index contributed by atoms with van der Waals surface area (Å²) in [5, 5.41) is 8.29. The molecule has 0 aromatic carbocycles. The number of aliphatic imine (C=N–C) groups is 1. The topological polar surface area (TPSA) is 40.3 Å². The average molecular weight is 217 g/mol. The van der Waals surface area contributed by atoms with Crippen LogP contribution in [0.25, 0.3) is 0 Å². The molecule has 0 aromatic rings. The predicted molar refractivity (Wildman–Crippen MR) is 59.5 cm³/mol. The molecule has 0 saturated heterocycles. The van der Waals surface area contributed by atoms with Gasteiger partial charge in [0.05, 0.1) is 19.6 Å². The fourth-order valence-corrected chi connectivity index (χ4v) is 1.90. The van der Waals surface area contributed by atoms with Crippen molar-refractivity contribution in [2.75, 3.05) is 26.2 Å². The van der Waals surface area contributed by atoms with Gasteiger partial charge in [-0.15, -0.1) is 12.4 Å². The molecule has 4 nitrogen and oxygen atoms in total. The Balaban J connectivity index is 0.000000980. The third kappa shape index (κ3) is 2.05. The number of rotatable bonds is 0. The average Bonchev–Trinajstić information content (AvgIpc) is 2.57. The van der Waals surface area contributed by atoms with Crippen molar-refractivity contribution in [3.8, 4) is 0 Å². The van der Waals surface area contributed by atoms with Gasteiger partial charge in [-0.3, -0.25) is 4.99 Å². The molecule has 0 amide bonds. The zero-order valence-electron chi connectivity index (χ0n) is 8.68. The zero-order valence-corrected chi connectivity index (χ0v) is 9.50. The van der Waals surface area contributed by atoms with E-state index in [9.17, 15) is 0 Å². The molecule has 0 aromatic heterocycles. The molecular weight excluding hydrogens is 200 g/mol. The van der Waals surface area contributed by atoms with Crippen LogP contribution in [0.4, 0.5) is 0 Å². The van der Waals surface area contributed by atoms with E-state index < -0.39 is 0 Å². The molecule has 0 bridgehead atoms. The number of amidine groups is 1. The van der Waals surface area contributed by atoms with Gasteiger partial charge in [0, 0.05) is 18.5 Å². The molecule has 2 rings (SSSR count). The first-order valence-corrected chi connectivity index (χ1v) is 4.93. The Labute approximate surface area is 90.9 Å². The van der Waals surface area contributed by atoms with E-state index in [0.29, 0.717) is 12.0 Å². The van der Waals surface area contributed by atoms with Gasteiger partial charge in [-0.05, 0) is 6.92 Å². The summed E-state index contributed by atoms with van der Waals surface area (Å²) >= 11 is 0. The second kappa shape index (κ2) is 4.73. The standard InChI is InChI=1S/C9H16N4.ClH/c1-7-5-11-12-6-8(2)13-4-3-10-9(7)13;/h7-8H,3-6H2,1-2H3;1H. The van der Waals surface area contributed by atoms with E-state index in [2.05, 4.69) is 34.0 Å². The summed E-state index contributed by atoms with van der Waals surface area (Å²) in [5.41, 5.74) is 0. The van der Waals surface area contributed by atoms with Crippen LogP contribution in [0.2, 0.25) is 0 Å². The van der Waals surface area contributed by atoms with Crippen LogP contribution in [-0.4, -0.2) is 43.0 Å². The maximum atomic E-state index is 4.53. The third-order valence-corrected chi connectivity index (χ3v) is 2.68. The lowest BCUT2D eigenvalue weighted by Gasteiger charge is -2.30. The van der Waals surface area contributed by atoms with Gasteiger partial charge in [0.25, 0.3) is 0 Å². The van der Waals surface area contributed by atoms with Gasteiger partial charge in [-0.25, -0.2) is 0 Å². The van der Waals surface area contributed by atoms with E-state index in [-0.39, 0.29) is 12.4 Å². The fraction of sp³-hybridized carbons (Fsp3) is 0.889. The smallest absolute Gasteiger partial charge is 0.104 e. The Bertz CT molecular complexity index is 251. The lowest BCUT2D eigenvalue weighted by Crippen LogP contribution is -2.42. The van der Waals surface area contributed by atoms with E-state index >= 15 is 0 Å². The lowest BCUT2D eigenvalue weighted by atomic mass is 10.1. The van der Waals surface area contributed by atoms with Crippen LogP contribution in [0.15, 0.2) is 15.2 Å². The van der Waals surface area contributed by atoms with Crippen molar-refractivity contribution in [2.45, 2.75) is 19.9 Å². The summed E-state index contributed by atoms with van der Waals surface area (Å²) in [6.45, 7) is 7.99. The first kappa shape index (κ1) is 11.4. The van der Waals surface area contributed by atoms with Crippen LogP contribution >= 0.6 is 12.4 Å². The Morgan fingerprint density at radius 3 is 2.71 bits per heavy atom. The highest BCUT2D eigenvalue weighted by Crippen LogP contribution is 2.16. The van der Waals surface area contributed by atoms with E-state index in [4.69, 9.17) is 0 Å². The molecule has 0 aliphatic carbocycles. The molecule has 0 fully saturated rings. The Kier molecular flexibility index (Phi) is 3.86. The minimum atomic E-state index is 0. The van der Waals surface area contributed by atoms with Gasteiger partial charge in [-0.2, -0.15) is 10.2 Å². The van der Waals surface area contributed by atoms with E-state index in [1.54, 1.807) is 0 Å². The molecule has 0 saturated carbocycles. The summed E-state index contributed by atoms with van der Waals surface area (Å²) < 4.78 is 0. The Hall–Kier alpha value is -0.640. The van der Waals surface area contributed by atoms with Gasteiger partial charge in [0.15, 0.2) is 0 Å². The van der Waals surface area contributed by atoms with Crippen molar-refractivity contribution in [3.63, 3.8) is 0 Å². The summed E-state index contributed by atoms with van der Waals surface area (Å²) in [7, 11) is 0. The van der Waals surface area contributed by atoms with Gasteiger partial charge in [-0.1, -0.05) is 6.92 Å². The van der Waals surface area contributed by atoms with Crippen LogP contribution in [-0.2, 0) is 0 Å². The molecule has 14 heavy (non-hydrogen) atoms. The summed E-state index contributed by atoms with van der Waals surface area (Å²) in [4.78, 5) is 6.91. The van der Waals surface area contributed by atoms with Gasteiger partial charge >= 0.3 is 0 Å². The maximum Gasteiger partial charge on any atom is 0.104 e. The lowest BCUT2D eigenvalue weighted by molar-refractivity contribution is 0.338. The molecule has 2 unspecified atom stereocenters. The number of fused-ring (bicyclic) bond motifs is 1. The Morgan fingerprint density at radius 2 is 1.93 bits per heavy atom. The first-order chi connectivity index (χ1) is 6.29. The number of hydrogen-bond donors (Lipinski definition) is 0. The van der Waals surface area contributed by atoms with Gasteiger partial charge in [0.1, 0.15) is 5.84 Å². The molecular formula is C9H17ClN4. The van der Waals surface area contributed by atoms with Crippen molar-refractivity contribution in [2.24, 2.45) is 21.1 Å². The molecule has 2 aliphatic heterocycles. The monoisotopic (exact) mass is 216 g/mol. The normalized spacial score (nSPS) is 31.3. The maximum absolute atomic E-state index is 4.53. The van der Waals surface area contributed by atoms with Crippen molar-refractivity contribution in [3.05, 3.63) is 0 Å². The molecule has 2 atom stereocenters. The molecule has 5 heteroatoms. The van der Waals surface area contributed by atoms with Crippen LogP contribution in [0.3, 0.4) is 0 Å². The molecule has 0 N–H and O–H groups in total. The molecule has 2 aliphatic rings. The molecule has 2 heterocycles. The second-order valence-electron chi connectivity index (χ2n) is 3.83. The van der Waals surface area contributed by atoms with E-state index in [1.165, 1.54) is 5.84 Å². The van der Waals surface area contributed by atoms with E-state index in [1.807, 2.05) is 0 Å². The quantitative estimate of drug-likeness (QED) is 0.607. The van der Waals surface area contributed by atoms with Gasteiger partial charge in [0.2, 0.25) is 0 Å². The summed E-state index contributed by atoms with van der Waals surface area (Å²) in [6, 6.07) is 0.466. The number of halogens is 1. The molecule has 0 radical (unpaired) electrons. The zero-order chi connectivity index (χ0) is 9.26. The minimum absolute atomic E-state index is 0. The third-order valence-electron chi connectivity index (χ3n) is 2.68. The predicted octanol–water partition coefficient (Wildman–Crippen LogP) is 1.61. The Morgan fingerprint density at radius 1 is 1.21 bits per heavy atom. The van der Waals surface area contributed by atoms with Crippen molar-refractivity contribution >= 4 is 18.2 Å². The number of azo groups is 1. The molecule has 0 spiro atoms. The van der Waals surface area contributed by atoms with Crippen molar-refractivity contribution in [1.29, 1.82) is 0 Å². The largest absolute Gasteiger partial charge is 0.354 e. The number of nitrogens with zero attached hydrogens (tertiary/aromatic N) is 4. The van der Waals surface area contributed by atoms with Crippen molar-refractivity contribution < 1.29 is 0 Å². The second-order valence-corrected chi connectivity index (χ2v) is 3.83. The minimum Gasteiger partial charge on any atom is -0.354 e. The van der Waals surface area contributed by atoms with Crippen LogP contribution in [0.1, 0.15) is 13.8 Å². The molecule has 80 valence electrons. The SMILES string of the molecule is CC1CN=NCC(C)N2CCN=C12.Cl. The van der Waals surface area contributed by atoms with Crippen LogP contribution in [0.5, 0.6) is 0 Å². The van der Waals surface area contributed by atoms with Crippen molar-refractivity contribution in [1.82, 2.24) is 4.90 Å². The summed E-state index contributed by atoms with van der Waals surface area (Å²) in [6.07, 6.45) is 0. The highest BCUT2D eigenvalue weighted by molar-refractivity contribution is 5.86. The van der Waals surface area contributed by atoms with Crippen LogP contribution < -0.4 is 0 Å². The number of hydrogen-bond acceptors (Lipinski definition) is 4.